The highest BCUT2D eigenvalue weighted by atomic mass is 32.2. The number of nitrogens with zero attached hydrogens (tertiary/aromatic N) is 4. The predicted octanol–water partition coefficient (Wildman–Crippen LogP) is 2.09. The number of thioether (sulfide) groups is 1. The van der Waals surface area contributed by atoms with E-state index >= 15 is 0 Å². The first-order valence-electron chi connectivity index (χ1n) is 7.14. The maximum atomic E-state index is 12.6. The van der Waals surface area contributed by atoms with Crippen LogP contribution < -0.4 is 11.1 Å². The molecule has 7 nitrogen and oxygen atoms in total. The molecule has 0 amide bonds. The Balaban J connectivity index is 2.11. The molecular weight excluding hydrogens is 312 g/mol. The second-order valence-electron chi connectivity index (χ2n) is 5.15. The highest BCUT2D eigenvalue weighted by Gasteiger charge is 2.29. The molecule has 4 rings (SSSR count). The number of fused-ring (bicyclic) bond motifs is 3. The van der Waals surface area contributed by atoms with Gasteiger partial charge in [0.25, 0.3) is 0 Å². The van der Waals surface area contributed by atoms with Crippen molar-refractivity contribution in [3.63, 3.8) is 0 Å². The molecule has 4 heterocycles. The summed E-state index contributed by atoms with van der Waals surface area (Å²) in [5.41, 5.74) is 8.97. The SMILES string of the molecule is CSc1nccc(-c2c3c(n4c(N)nccc24)NCCC3=O)n1. The molecule has 3 N–H and O–H groups in total. The molecule has 0 atom stereocenters. The molecule has 116 valence electrons. The second kappa shape index (κ2) is 5.24. The summed E-state index contributed by atoms with van der Waals surface area (Å²) in [4.78, 5) is 25.4. The summed E-state index contributed by atoms with van der Waals surface area (Å²) >= 11 is 1.46. The molecule has 0 unspecified atom stereocenters. The van der Waals surface area contributed by atoms with E-state index in [0.717, 1.165) is 11.1 Å². The third-order valence-corrected chi connectivity index (χ3v) is 4.43. The van der Waals surface area contributed by atoms with E-state index in [-0.39, 0.29) is 5.78 Å². The molecule has 8 heteroatoms. The summed E-state index contributed by atoms with van der Waals surface area (Å²) in [5, 5.41) is 3.93. The van der Waals surface area contributed by atoms with Gasteiger partial charge in [0.2, 0.25) is 5.95 Å². The third kappa shape index (κ3) is 2.06. The van der Waals surface area contributed by atoms with Crippen molar-refractivity contribution in [1.82, 2.24) is 19.4 Å². The Morgan fingerprint density at radius 2 is 2.09 bits per heavy atom. The molecule has 0 radical (unpaired) electrons. The number of nitrogens with one attached hydrogen (secondary N) is 1. The monoisotopic (exact) mass is 326 g/mol. The highest BCUT2D eigenvalue weighted by molar-refractivity contribution is 7.98. The molecule has 0 aromatic carbocycles. The fraction of sp³-hybridized carbons (Fsp3) is 0.200. The van der Waals surface area contributed by atoms with E-state index in [2.05, 4.69) is 20.3 Å². The lowest BCUT2D eigenvalue weighted by atomic mass is 10.00. The van der Waals surface area contributed by atoms with E-state index in [1.807, 2.05) is 18.4 Å². The third-order valence-electron chi connectivity index (χ3n) is 3.87. The fourth-order valence-electron chi connectivity index (χ4n) is 2.92. The normalized spacial score (nSPS) is 13.9. The zero-order chi connectivity index (χ0) is 16.0. The number of hydrogen-bond donors (Lipinski definition) is 2. The van der Waals surface area contributed by atoms with Crippen LogP contribution in [0.25, 0.3) is 16.8 Å². The van der Waals surface area contributed by atoms with Crippen LogP contribution in [0, 0.1) is 0 Å². The number of hydrogen-bond acceptors (Lipinski definition) is 7. The Kier molecular flexibility index (Phi) is 3.19. The number of aromatic nitrogens is 4. The lowest BCUT2D eigenvalue weighted by Gasteiger charge is -2.15. The molecule has 3 aromatic rings. The predicted molar refractivity (Wildman–Crippen MR) is 89.8 cm³/mol. The fourth-order valence-corrected chi connectivity index (χ4v) is 3.28. The summed E-state index contributed by atoms with van der Waals surface area (Å²) in [5.74, 6) is 1.12. The van der Waals surface area contributed by atoms with Gasteiger partial charge in [-0.15, -0.1) is 0 Å². The van der Waals surface area contributed by atoms with Gasteiger partial charge in [-0.2, -0.15) is 0 Å². The van der Waals surface area contributed by atoms with Gasteiger partial charge in [-0.05, 0) is 18.4 Å². The van der Waals surface area contributed by atoms with E-state index < -0.39 is 0 Å². The summed E-state index contributed by atoms with van der Waals surface area (Å²) in [6.07, 6.45) is 5.71. The van der Waals surface area contributed by atoms with E-state index in [4.69, 9.17) is 5.73 Å². The van der Waals surface area contributed by atoms with Gasteiger partial charge in [-0.25, -0.2) is 15.0 Å². The molecule has 1 aliphatic heterocycles. The molecule has 3 aromatic heterocycles. The van der Waals surface area contributed by atoms with Crippen molar-refractivity contribution in [2.45, 2.75) is 11.6 Å². The van der Waals surface area contributed by atoms with Crippen molar-refractivity contribution in [1.29, 1.82) is 0 Å². The topological polar surface area (TPSA) is 98.2 Å². The summed E-state index contributed by atoms with van der Waals surface area (Å²) in [7, 11) is 0. The number of nitrogens with two attached hydrogens (primary N) is 1. The van der Waals surface area contributed by atoms with Crippen LogP contribution in [0.4, 0.5) is 11.8 Å². The zero-order valence-electron chi connectivity index (χ0n) is 12.4. The number of anilines is 2. The van der Waals surface area contributed by atoms with Crippen LogP contribution in [0.1, 0.15) is 16.8 Å². The van der Waals surface area contributed by atoms with Gasteiger partial charge in [-0.1, -0.05) is 11.8 Å². The highest BCUT2D eigenvalue weighted by Crippen LogP contribution is 2.39. The Bertz CT molecular complexity index is 935. The second-order valence-corrected chi connectivity index (χ2v) is 5.92. The van der Waals surface area contributed by atoms with Gasteiger partial charge < -0.3 is 11.1 Å². The molecule has 0 bridgehead atoms. The van der Waals surface area contributed by atoms with Crippen LogP contribution in [-0.2, 0) is 0 Å². The maximum Gasteiger partial charge on any atom is 0.206 e. The number of carbonyl (C=O) groups excluding carboxylic acids is 1. The molecule has 1 aliphatic rings. The van der Waals surface area contributed by atoms with E-state index in [9.17, 15) is 4.79 Å². The zero-order valence-corrected chi connectivity index (χ0v) is 13.2. The minimum Gasteiger partial charge on any atom is -0.370 e. The molecule has 0 saturated carbocycles. The first-order chi connectivity index (χ1) is 11.2. The standard InChI is InChI=1S/C15H14N6OS/c1-23-15-19-5-2-8(20-15)11-9-3-6-18-14(16)21(9)13-12(11)10(22)4-7-17-13/h2-3,5-6,17H,4,7H2,1H3,(H2,16,18). The van der Waals surface area contributed by atoms with Crippen molar-refractivity contribution >= 4 is 34.8 Å². The van der Waals surface area contributed by atoms with Gasteiger partial charge in [0, 0.05) is 30.9 Å². The van der Waals surface area contributed by atoms with E-state index in [1.54, 1.807) is 16.8 Å². The smallest absolute Gasteiger partial charge is 0.206 e. The van der Waals surface area contributed by atoms with Crippen molar-refractivity contribution in [2.75, 3.05) is 23.9 Å². The van der Waals surface area contributed by atoms with Crippen LogP contribution in [0.5, 0.6) is 0 Å². The van der Waals surface area contributed by atoms with Crippen LogP contribution in [-0.4, -0.2) is 37.9 Å². The molecular formula is C15H14N6OS. The number of rotatable bonds is 2. The molecule has 23 heavy (non-hydrogen) atoms. The number of ketones is 1. The first-order valence-corrected chi connectivity index (χ1v) is 8.36. The average Bonchev–Trinajstić information content (AvgIpc) is 2.92. The van der Waals surface area contributed by atoms with Gasteiger partial charge in [0.1, 0.15) is 5.82 Å². The molecule has 0 saturated heterocycles. The average molecular weight is 326 g/mol. The van der Waals surface area contributed by atoms with Crippen molar-refractivity contribution in [3.05, 3.63) is 30.1 Å². The van der Waals surface area contributed by atoms with Gasteiger partial charge >= 0.3 is 0 Å². The minimum absolute atomic E-state index is 0.0844. The van der Waals surface area contributed by atoms with Crippen LogP contribution in [0.3, 0.4) is 0 Å². The Hall–Kier alpha value is -2.61. The van der Waals surface area contributed by atoms with Crippen molar-refractivity contribution in [2.24, 2.45) is 0 Å². The summed E-state index contributed by atoms with van der Waals surface area (Å²) < 4.78 is 1.78. The Labute approximate surface area is 136 Å². The van der Waals surface area contributed by atoms with E-state index in [0.29, 0.717) is 41.1 Å². The molecule has 0 aliphatic carbocycles. The first kappa shape index (κ1) is 14.0. The van der Waals surface area contributed by atoms with Crippen LogP contribution in [0.2, 0.25) is 0 Å². The minimum atomic E-state index is 0.0844. The van der Waals surface area contributed by atoms with Gasteiger partial charge in [0.05, 0.1) is 16.8 Å². The maximum absolute atomic E-state index is 12.6. The lowest BCUT2D eigenvalue weighted by Crippen LogP contribution is -2.19. The Morgan fingerprint density at radius 3 is 2.91 bits per heavy atom. The number of carbonyl (C=O) groups is 1. The molecule has 0 fully saturated rings. The summed E-state index contributed by atoms with van der Waals surface area (Å²) in [6, 6.07) is 3.66. The molecule has 0 spiro atoms. The van der Waals surface area contributed by atoms with Crippen LogP contribution in [0.15, 0.2) is 29.7 Å². The number of nitrogen functional groups attached to an aromatic ring is 1. The lowest BCUT2D eigenvalue weighted by molar-refractivity contribution is 0.0984. The van der Waals surface area contributed by atoms with Gasteiger partial charge in [0.15, 0.2) is 10.9 Å². The largest absolute Gasteiger partial charge is 0.370 e. The van der Waals surface area contributed by atoms with Crippen LogP contribution >= 0.6 is 11.8 Å². The van der Waals surface area contributed by atoms with Crippen molar-refractivity contribution in [3.8, 4) is 11.3 Å². The quantitative estimate of drug-likeness (QED) is 0.549. The van der Waals surface area contributed by atoms with Gasteiger partial charge in [-0.3, -0.25) is 9.20 Å². The van der Waals surface area contributed by atoms with E-state index in [1.165, 1.54) is 11.8 Å². The Morgan fingerprint density at radius 1 is 1.26 bits per heavy atom. The van der Waals surface area contributed by atoms with Crippen molar-refractivity contribution < 1.29 is 4.79 Å². The number of Topliss-reactive ketones (excluding diaryl/α,β-unsaturated/α-hetero) is 1. The summed E-state index contributed by atoms with van der Waals surface area (Å²) in [6.45, 7) is 0.589.